The predicted octanol–water partition coefficient (Wildman–Crippen LogP) is 1.75. The summed E-state index contributed by atoms with van der Waals surface area (Å²) in [6.07, 6.45) is 0. The van der Waals surface area contributed by atoms with Gasteiger partial charge in [0.05, 0.1) is 6.61 Å². The summed E-state index contributed by atoms with van der Waals surface area (Å²) in [5.41, 5.74) is 1.84. The van der Waals surface area contributed by atoms with Crippen molar-refractivity contribution in [2.45, 2.75) is 33.4 Å². The van der Waals surface area contributed by atoms with Gasteiger partial charge < -0.3 is 15.7 Å². The lowest BCUT2D eigenvalue weighted by Gasteiger charge is -2.21. The van der Waals surface area contributed by atoms with Crippen molar-refractivity contribution in [3.63, 3.8) is 0 Å². The number of hydrogen-bond donors (Lipinski definition) is 3. The van der Waals surface area contributed by atoms with Gasteiger partial charge in [-0.1, -0.05) is 32.0 Å². The summed E-state index contributed by atoms with van der Waals surface area (Å²) in [6, 6.07) is 7.73. The summed E-state index contributed by atoms with van der Waals surface area (Å²) in [5, 5.41) is 15.4. The van der Waals surface area contributed by atoms with Crippen LogP contribution in [0.15, 0.2) is 24.3 Å². The van der Waals surface area contributed by atoms with Gasteiger partial charge in [0.1, 0.15) is 0 Å². The van der Waals surface area contributed by atoms with E-state index in [1.807, 2.05) is 24.3 Å². The van der Waals surface area contributed by atoms with Gasteiger partial charge in [0.25, 0.3) is 0 Å². The Balaban J connectivity index is 2.69. The highest BCUT2D eigenvalue weighted by atomic mass is 16.3. The van der Waals surface area contributed by atoms with Crippen molar-refractivity contribution in [3.05, 3.63) is 29.8 Å². The average molecular weight is 250 g/mol. The second-order valence-electron chi connectivity index (χ2n) is 4.75. The van der Waals surface area contributed by atoms with Crippen molar-refractivity contribution < 1.29 is 9.90 Å². The van der Waals surface area contributed by atoms with Gasteiger partial charge in [-0.05, 0) is 17.5 Å². The summed E-state index contributed by atoms with van der Waals surface area (Å²) < 4.78 is 0. The number of rotatable bonds is 6. The number of nitrogens with one attached hydrogen (secondary N) is 2. The minimum atomic E-state index is -0.0787. The van der Waals surface area contributed by atoms with E-state index in [0.29, 0.717) is 12.5 Å². The molecule has 0 aliphatic carbocycles. The number of para-hydroxylation sites is 1. The molecule has 1 amide bonds. The smallest absolute Gasteiger partial charge is 0.221 e. The molecule has 0 unspecified atom stereocenters. The van der Waals surface area contributed by atoms with Gasteiger partial charge in [-0.15, -0.1) is 0 Å². The average Bonchev–Trinajstić information content (AvgIpc) is 2.30. The monoisotopic (exact) mass is 250 g/mol. The molecule has 0 heterocycles. The highest BCUT2D eigenvalue weighted by Crippen LogP contribution is 2.15. The van der Waals surface area contributed by atoms with Crippen molar-refractivity contribution in [2.24, 2.45) is 5.92 Å². The molecule has 0 fully saturated rings. The molecule has 0 aliphatic rings. The van der Waals surface area contributed by atoms with E-state index in [4.69, 9.17) is 0 Å². The van der Waals surface area contributed by atoms with Gasteiger partial charge in [0.2, 0.25) is 5.91 Å². The first-order valence-corrected chi connectivity index (χ1v) is 6.24. The summed E-state index contributed by atoms with van der Waals surface area (Å²) in [6.45, 7) is 6.36. The van der Waals surface area contributed by atoms with E-state index in [9.17, 15) is 9.90 Å². The van der Waals surface area contributed by atoms with Gasteiger partial charge in [0.15, 0.2) is 0 Å². The van der Waals surface area contributed by atoms with Crippen LogP contribution in [0.3, 0.4) is 0 Å². The Morgan fingerprint density at radius 1 is 1.33 bits per heavy atom. The third kappa shape index (κ3) is 4.47. The fourth-order valence-corrected chi connectivity index (χ4v) is 1.74. The third-order valence-corrected chi connectivity index (χ3v) is 2.88. The summed E-state index contributed by atoms with van der Waals surface area (Å²) >= 11 is 0. The molecule has 1 aromatic rings. The highest BCUT2D eigenvalue weighted by molar-refractivity contribution is 5.89. The van der Waals surface area contributed by atoms with Crippen molar-refractivity contribution >= 4 is 11.6 Å². The number of carbonyl (C=O) groups excluding carboxylic acids is 1. The van der Waals surface area contributed by atoms with Crippen LogP contribution >= 0.6 is 0 Å². The first-order chi connectivity index (χ1) is 8.54. The minimum Gasteiger partial charge on any atom is -0.395 e. The lowest BCUT2D eigenvalue weighted by atomic mass is 10.0. The zero-order valence-electron chi connectivity index (χ0n) is 11.2. The molecule has 0 spiro atoms. The predicted molar refractivity (Wildman–Crippen MR) is 73.3 cm³/mol. The Kier molecular flexibility index (Phi) is 5.82. The maximum absolute atomic E-state index is 11.1. The molecular weight excluding hydrogens is 228 g/mol. The quantitative estimate of drug-likeness (QED) is 0.721. The Morgan fingerprint density at radius 3 is 2.56 bits per heavy atom. The fourth-order valence-electron chi connectivity index (χ4n) is 1.74. The zero-order chi connectivity index (χ0) is 13.5. The Morgan fingerprint density at radius 2 is 2.00 bits per heavy atom. The second kappa shape index (κ2) is 7.13. The first kappa shape index (κ1) is 14.7. The Hall–Kier alpha value is -1.39. The van der Waals surface area contributed by atoms with Crippen LogP contribution in [0.4, 0.5) is 5.69 Å². The molecule has 4 heteroatoms. The van der Waals surface area contributed by atoms with Crippen molar-refractivity contribution in [1.29, 1.82) is 0 Å². The van der Waals surface area contributed by atoms with Crippen LogP contribution < -0.4 is 10.6 Å². The van der Waals surface area contributed by atoms with Crippen LogP contribution in [-0.2, 0) is 11.3 Å². The first-order valence-electron chi connectivity index (χ1n) is 6.24. The summed E-state index contributed by atoms with van der Waals surface area (Å²) in [4.78, 5) is 11.1. The molecule has 0 saturated heterocycles. The van der Waals surface area contributed by atoms with E-state index in [1.54, 1.807) is 0 Å². The van der Waals surface area contributed by atoms with Crippen LogP contribution in [-0.4, -0.2) is 23.7 Å². The Bertz CT molecular complexity index is 391. The molecule has 1 aromatic carbocycles. The standard InChI is InChI=1S/C14H22N2O2/c1-10(2)14(9-17)15-8-12-6-4-5-7-13(12)16-11(3)18/h4-7,10,14-15,17H,8-9H2,1-3H3,(H,16,18)/t14-/m1/s1. The lowest BCUT2D eigenvalue weighted by molar-refractivity contribution is -0.114. The van der Waals surface area contributed by atoms with Gasteiger partial charge in [-0.25, -0.2) is 0 Å². The number of benzene rings is 1. The van der Waals surface area contributed by atoms with Crippen molar-refractivity contribution in [1.82, 2.24) is 5.32 Å². The maximum atomic E-state index is 11.1. The maximum Gasteiger partial charge on any atom is 0.221 e. The van der Waals surface area contributed by atoms with Crippen LogP contribution in [0.25, 0.3) is 0 Å². The van der Waals surface area contributed by atoms with Gasteiger partial charge in [-0.2, -0.15) is 0 Å². The second-order valence-corrected chi connectivity index (χ2v) is 4.75. The lowest BCUT2D eigenvalue weighted by Crippen LogP contribution is -2.36. The molecule has 0 aliphatic heterocycles. The van der Waals surface area contributed by atoms with Crippen molar-refractivity contribution in [2.75, 3.05) is 11.9 Å². The summed E-state index contributed by atoms with van der Waals surface area (Å²) in [7, 11) is 0. The summed E-state index contributed by atoms with van der Waals surface area (Å²) in [5.74, 6) is 0.285. The minimum absolute atomic E-state index is 0.0652. The van der Waals surface area contributed by atoms with E-state index in [-0.39, 0.29) is 18.6 Å². The SMILES string of the molecule is CC(=O)Nc1ccccc1CN[C@H](CO)C(C)C. The van der Waals surface area contributed by atoms with Gasteiger partial charge in [-0.3, -0.25) is 4.79 Å². The Labute approximate surface area is 108 Å². The molecule has 0 bridgehead atoms. The third-order valence-electron chi connectivity index (χ3n) is 2.88. The molecule has 4 nitrogen and oxygen atoms in total. The number of hydrogen-bond acceptors (Lipinski definition) is 3. The number of aliphatic hydroxyl groups excluding tert-OH is 1. The fraction of sp³-hybridized carbons (Fsp3) is 0.500. The normalized spacial score (nSPS) is 12.5. The molecule has 3 N–H and O–H groups in total. The van der Waals surface area contributed by atoms with E-state index in [2.05, 4.69) is 24.5 Å². The molecule has 0 saturated carbocycles. The van der Waals surface area contributed by atoms with Crippen LogP contribution in [0.5, 0.6) is 0 Å². The van der Waals surface area contributed by atoms with E-state index in [1.165, 1.54) is 6.92 Å². The number of anilines is 1. The van der Waals surface area contributed by atoms with Crippen molar-refractivity contribution in [3.8, 4) is 0 Å². The highest BCUT2D eigenvalue weighted by Gasteiger charge is 2.12. The molecule has 1 atom stereocenters. The number of aliphatic hydroxyl groups is 1. The van der Waals surface area contributed by atoms with Gasteiger partial charge >= 0.3 is 0 Å². The van der Waals surface area contributed by atoms with E-state index < -0.39 is 0 Å². The number of amides is 1. The number of carbonyl (C=O) groups is 1. The largest absolute Gasteiger partial charge is 0.395 e. The molecular formula is C14H22N2O2. The van der Waals surface area contributed by atoms with Crippen LogP contribution in [0.1, 0.15) is 26.3 Å². The molecule has 100 valence electrons. The van der Waals surface area contributed by atoms with E-state index >= 15 is 0 Å². The molecule has 0 radical (unpaired) electrons. The van der Waals surface area contributed by atoms with Crippen LogP contribution in [0.2, 0.25) is 0 Å². The van der Waals surface area contributed by atoms with Crippen LogP contribution in [0, 0.1) is 5.92 Å². The van der Waals surface area contributed by atoms with E-state index in [0.717, 1.165) is 11.3 Å². The topological polar surface area (TPSA) is 61.4 Å². The molecule has 0 aromatic heterocycles. The zero-order valence-corrected chi connectivity index (χ0v) is 11.2. The van der Waals surface area contributed by atoms with Gasteiger partial charge in [0, 0.05) is 25.2 Å². The molecule has 1 rings (SSSR count). The molecule has 18 heavy (non-hydrogen) atoms.